The quantitative estimate of drug-likeness (QED) is 0.873. The van der Waals surface area contributed by atoms with Gasteiger partial charge in [-0.05, 0) is 24.8 Å². The molecule has 0 spiro atoms. The van der Waals surface area contributed by atoms with Gasteiger partial charge >= 0.3 is 0 Å². The van der Waals surface area contributed by atoms with Gasteiger partial charge in [-0.2, -0.15) is 0 Å². The van der Waals surface area contributed by atoms with Gasteiger partial charge in [0.1, 0.15) is 0 Å². The first-order chi connectivity index (χ1) is 9.59. The number of likely N-dealkylation sites (tertiary alicyclic amines) is 1. The molecule has 1 saturated heterocycles. The average Bonchev–Trinajstić information content (AvgIpc) is 2.42. The van der Waals surface area contributed by atoms with Crippen molar-refractivity contribution in [2.75, 3.05) is 18.8 Å². The summed E-state index contributed by atoms with van der Waals surface area (Å²) >= 11 is 0. The van der Waals surface area contributed by atoms with Crippen molar-refractivity contribution in [1.82, 2.24) is 9.62 Å². The summed E-state index contributed by atoms with van der Waals surface area (Å²) in [5.41, 5.74) is 1.32. The number of benzene rings is 1. The summed E-state index contributed by atoms with van der Waals surface area (Å²) in [7, 11) is -3.08. The maximum Gasteiger partial charge on any atom is 0.211 e. The van der Waals surface area contributed by atoms with Crippen LogP contribution in [0, 0.1) is 0 Å². The zero-order chi connectivity index (χ0) is 14.4. The van der Waals surface area contributed by atoms with Gasteiger partial charge < -0.3 is 0 Å². The molecule has 0 bridgehead atoms. The second kappa shape index (κ2) is 7.20. The van der Waals surface area contributed by atoms with Crippen LogP contribution in [0.3, 0.4) is 0 Å². The molecule has 1 aliphatic rings. The van der Waals surface area contributed by atoms with Gasteiger partial charge in [-0.25, -0.2) is 13.1 Å². The normalized spacial score (nSPS) is 18.2. The molecule has 0 unspecified atom stereocenters. The van der Waals surface area contributed by atoms with E-state index in [1.165, 1.54) is 5.56 Å². The third-order valence-electron chi connectivity index (χ3n) is 3.66. The zero-order valence-corrected chi connectivity index (χ0v) is 12.9. The SMILES string of the molecule is CCCS(=O)(=O)NC1CCN(Cc2ccccc2)CC1. The molecule has 0 aromatic heterocycles. The first-order valence-electron chi connectivity index (χ1n) is 7.35. The van der Waals surface area contributed by atoms with Gasteiger partial charge in [0.05, 0.1) is 5.75 Å². The van der Waals surface area contributed by atoms with Crippen molar-refractivity contribution in [3.63, 3.8) is 0 Å². The van der Waals surface area contributed by atoms with E-state index in [1.807, 2.05) is 13.0 Å². The van der Waals surface area contributed by atoms with Gasteiger partial charge in [-0.3, -0.25) is 4.90 Å². The van der Waals surface area contributed by atoms with Gasteiger partial charge in [0.2, 0.25) is 10.0 Å². The van der Waals surface area contributed by atoms with Crippen molar-refractivity contribution in [2.45, 2.75) is 38.8 Å². The van der Waals surface area contributed by atoms with Crippen molar-refractivity contribution < 1.29 is 8.42 Å². The molecular formula is C15H24N2O2S. The second-order valence-electron chi connectivity index (χ2n) is 5.47. The van der Waals surface area contributed by atoms with Crippen LogP contribution in [-0.2, 0) is 16.6 Å². The first kappa shape index (κ1) is 15.5. The number of hydrogen-bond donors (Lipinski definition) is 1. The number of nitrogens with zero attached hydrogens (tertiary/aromatic N) is 1. The maximum absolute atomic E-state index is 11.7. The summed E-state index contributed by atoms with van der Waals surface area (Å²) in [5.74, 6) is 0.233. The monoisotopic (exact) mass is 296 g/mol. The van der Waals surface area contributed by atoms with Crippen LogP contribution < -0.4 is 4.72 Å². The van der Waals surface area contributed by atoms with E-state index in [0.717, 1.165) is 32.5 Å². The van der Waals surface area contributed by atoms with E-state index in [9.17, 15) is 8.42 Å². The summed E-state index contributed by atoms with van der Waals surface area (Å²) < 4.78 is 26.3. The molecule has 0 radical (unpaired) electrons. The molecule has 1 N–H and O–H groups in total. The minimum absolute atomic E-state index is 0.110. The molecule has 4 nitrogen and oxygen atoms in total. The molecule has 0 amide bonds. The lowest BCUT2D eigenvalue weighted by molar-refractivity contribution is 0.200. The average molecular weight is 296 g/mol. The number of piperidine rings is 1. The highest BCUT2D eigenvalue weighted by atomic mass is 32.2. The molecule has 5 heteroatoms. The van der Waals surface area contributed by atoms with E-state index in [-0.39, 0.29) is 11.8 Å². The molecule has 1 aromatic carbocycles. The lowest BCUT2D eigenvalue weighted by Gasteiger charge is -2.32. The van der Waals surface area contributed by atoms with Gasteiger partial charge in [-0.15, -0.1) is 0 Å². The molecular weight excluding hydrogens is 272 g/mol. The van der Waals surface area contributed by atoms with Crippen LogP contribution in [0.25, 0.3) is 0 Å². The van der Waals surface area contributed by atoms with Crippen molar-refractivity contribution in [3.8, 4) is 0 Å². The van der Waals surface area contributed by atoms with E-state index >= 15 is 0 Å². The Morgan fingerprint density at radius 1 is 1.20 bits per heavy atom. The van der Waals surface area contributed by atoms with Gasteiger partial charge in [0.15, 0.2) is 0 Å². The molecule has 20 heavy (non-hydrogen) atoms. The van der Waals surface area contributed by atoms with Crippen LogP contribution in [0.5, 0.6) is 0 Å². The van der Waals surface area contributed by atoms with Crippen LogP contribution in [0.1, 0.15) is 31.7 Å². The zero-order valence-electron chi connectivity index (χ0n) is 12.1. The van der Waals surface area contributed by atoms with Gasteiger partial charge in [0.25, 0.3) is 0 Å². The molecule has 1 heterocycles. The van der Waals surface area contributed by atoms with Crippen LogP contribution in [0.2, 0.25) is 0 Å². The molecule has 1 fully saturated rings. The number of hydrogen-bond acceptors (Lipinski definition) is 3. The fraction of sp³-hybridized carbons (Fsp3) is 0.600. The Morgan fingerprint density at radius 3 is 2.45 bits per heavy atom. The van der Waals surface area contributed by atoms with E-state index in [0.29, 0.717) is 6.42 Å². The smallest absolute Gasteiger partial charge is 0.211 e. The second-order valence-corrected chi connectivity index (χ2v) is 7.35. The van der Waals surface area contributed by atoms with Gasteiger partial charge in [0, 0.05) is 25.7 Å². The van der Waals surface area contributed by atoms with Crippen molar-refractivity contribution >= 4 is 10.0 Å². The fourth-order valence-corrected chi connectivity index (χ4v) is 4.03. The Kier molecular flexibility index (Phi) is 5.57. The Morgan fingerprint density at radius 2 is 1.85 bits per heavy atom. The standard InChI is InChI=1S/C15H24N2O2S/c1-2-12-20(18,19)16-15-8-10-17(11-9-15)13-14-6-4-3-5-7-14/h3-7,15-16H,2,8-13H2,1H3. The maximum atomic E-state index is 11.7. The highest BCUT2D eigenvalue weighted by Crippen LogP contribution is 2.14. The van der Waals surface area contributed by atoms with Crippen molar-refractivity contribution in [1.29, 1.82) is 0 Å². The summed E-state index contributed by atoms with van der Waals surface area (Å²) in [6.07, 6.45) is 2.47. The topological polar surface area (TPSA) is 49.4 Å². The highest BCUT2D eigenvalue weighted by molar-refractivity contribution is 7.89. The summed E-state index contributed by atoms with van der Waals surface area (Å²) in [6.45, 7) is 4.75. The van der Waals surface area contributed by atoms with Crippen LogP contribution >= 0.6 is 0 Å². The largest absolute Gasteiger partial charge is 0.299 e. The number of rotatable bonds is 6. The van der Waals surface area contributed by atoms with Crippen LogP contribution in [0.15, 0.2) is 30.3 Å². The highest BCUT2D eigenvalue weighted by Gasteiger charge is 2.22. The first-order valence-corrected chi connectivity index (χ1v) is 9.00. The molecule has 112 valence electrons. The predicted molar refractivity (Wildman–Crippen MR) is 82.0 cm³/mol. The van der Waals surface area contributed by atoms with E-state index < -0.39 is 10.0 Å². The van der Waals surface area contributed by atoms with Gasteiger partial charge in [-0.1, -0.05) is 37.3 Å². The Bertz CT molecular complexity index is 494. The molecule has 1 aromatic rings. The Hall–Kier alpha value is -0.910. The summed E-state index contributed by atoms with van der Waals surface area (Å²) in [4.78, 5) is 2.39. The van der Waals surface area contributed by atoms with E-state index in [4.69, 9.17) is 0 Å². The fourth-order valence-electron chi connectivity index (χ4n) is 2.63. The minimum atomic E-state index is -3.08. The molecule has 2 rings (SSSR count). The molecule has 1 aliphatic heterocycles. The van der Waals surface area contributed by atoms with Crippen molar-refractivity contribution in [2.24, 2.45) is 0 Å². The van der Waals surface area contributed by atoms with Crippen LogP contribution in [-0.4, -0.2) is 38.2 Å². The molecule has 0 atom stereocenters. The molecule has 0 saturated carbocycles. The number of nitrogens with one attached hydrogen (secondary N) is 1. The van der Waals surface area contributed by atoms with Crippen LogP contribution in [0.4, 0.5) is 0 Å². The Balaban J connectivity index is 1.78. The Labute approximate surface area is 122 Å². The third-order valence-corrected chi connectivity index (χ3v) is 5.29. The predicted octanol–water partition coefficient (Wildman–Crippen LogP) is 1.98. The lowest BCUT2D eigenvalue weighted by Crippen LogP contribution is -2.44. The summed E-state index contributed by atoms with van der Waals surface area (Å²) in [6, 6.07) is 10.5. The minimum Gasteiger partial charge on any atom is -0.299 e. The molecule has 0 aliphatic carbocycles. The third kappa shape index (κ3) is 4.89. The summed E-state index contributed by atoms with van der Waals surface area (Å²) in [5, 5.41) is 0. The number of sulfonamides is 1. The van der Waals surface area contributed by atoms with E-state index in [2.05, 4.69) is 33.9 Å². The van der Waals surface area contributed by atoms with E-state index in [1.54, 1.807) is 0 Å². The van der Waals surface area contributed by atoms with Crippen molar-refractivity contribution in [3.05, 3.63) is 35.9 Å². The lowest BCUT2D eigenvalue weighted by atomic mass is 10.1.